The van der Waals surface area contributed by atoms with Crippen LogP contribution in [-0.4, -0.2) is 33.0 Å². The van der Waals surface area contributed by atoms with Crippen molar-refractivity contribution in [2.45, 2.75) is 32.5 Å². The highest BCUT2D eigenvalue weighted by molar-refractivity contribution is 5.81. The zero-order valence-electron chi connectivity index (χ0n) is 13.6. The molecule has 0 saturated heterocycles. The van der Waals surface area contributed by atoms with Crippen LogP contribution in [0.3, 0.4) is 0 Å². The molecular formula is C18H20FN3O2. The van der Waals surface area contributed by atoms with Gasteiger partial charge in [0.05, 0.1) is 19.6 Å². The molecule has 126 valence electrons. The first kappa shape index (κ1) is 15.2. The molecule has 1 saturated carbocycles. The van der Waals surface area contributed by atoms with Gasteiger partial charge in [0.2, 0.25) is 5.91 Å². The fraction of sp³-hybridized carbons (Fsp3) is 0.444. The van der Waals surface area contributed by atoms with E-state index in [9.17, 15) is 9.18 Å². The standard InChI is InChI=1S/C18H20FN3O2/c1-12-8-15(12)18(23)22-9-13-4-3-7-21(13)10-14(11-22)24-17-16(19)5-2-6-20-17/h2-7,12,14-15H,8-11H2,1H3/t12-,14+,15+/m1/s1. The third-order valence-corrected chi connectivity index (χ3v) is 4.84. The zero-order chi connectivity index (χ0) is 16.7. The van der Waals surface area contributed by atoms with Crippen molar-refractivity contribution in [1.82, 2.24) is 14.5 Å². The van der Waals surface area contributed by atoms with Crippen LogP contribution in [0.1, 0.15) is 19.0 Å². The summed E-state index contributed by atoms with van der Waals surface area (Å²) in [5.41, 5.74) is 1.07. The minimum Gasteiger partial charge on any atom is -0.468 e. The third kappa shape index (κ3) is 2.88. The van der Waals surface area contributed by atoms with Crippen LogP contribution in [0.5, 0.6) is 5.88 Å². The minimum atomic E-state index is -0.483. The number of hydrogen-bond donors (Lipinski definition) is 0. The molecule has 1 amide bonds. The molecule has 0 unspecified atom stereocenters. The molecule has 0 N–H and O–H groups in total. The van der Waals surface area contributed by atoms with Crippen LogP contribution in [0.2, 0.25) is 0 Å². The van der Waals surface area contributed by atoms with Crippen molar-refractivity contribution < 1.29 is 13.9 Å². The Morgan fingerprint density at radius 3 is 2.92 bits per heavy atom. The van der Waals surface area contributed by atoms with E-state index in [0.717, 1.165) is 12.1 Å². The van der Waals surface area contributed by atoms with E-state index in [1.54, 1.807) is 0 Å². The Balaban J connectivity index is 1.57. The average Bonchev–Trinajstić information content (AvgIpc) is 3.19. The van der Waals surface area contributed by atoms with E-state index in [2.05, 4.69) is 16.5 Å². The molecule has 0 spiro atoms. The second kappa shape index (κ2) is 5.92. The molecule has 5 nitrogen and oxygen atoms in total. The number of hydrogen-bond acceptors (Lipinski definition) is 3. The number of carbonyl (C=O) groups is 1. The second-order valence-electron chi connectivity index (χ2n) is 6.72. The summed E-state index contributed by atoms with van der Waals surface area (Å²) in [7, 11) is 0. The highest BCUT2D eigenvalue weighted by Crippen LogP contribution is 2.39. The molecule has 4 rings (SSSR count). The number of pyridine rings is 1. The van der Waals surface area contributed by atoms with E-state index >= 15 is 0 Å². The number of carbonyl (C=O) groups excluding carboxylic acids is 1. The molecule has 2 aromatic heterocycles. The van der Waals surface area contributed by atoms with Gasteiger partial charge in [0.25, 0.3) is 5.88 Å². The molecule has 1 aliphatic carbocycles. The van der Waals surface area contributed by atoms with Gasteiger partial charge in [-0.1, -0.05) is 6.92 Å². The molecule has 0 aromatic carbocycles. The van der Waals surface area contributed by atoms with Crippen LogP contribution >= 0.6 is 0 Å². The first-order valence-electron chi connectivity index (χ1n) is 8.32. The van der Waals surface area contributed by atoms with Gasteiger partial charge in [-0.3, -0.25) is 4.79 Å². The summed E-state index contributed by atoms with van der Waals surface area (Å²) in [6.07, 6.45) is 4.09. The zero-order valence-corrected chi connectivity index (χ0v) is 13.6. The Kier molecular flexibility index (Phi) is 3.75. The maximum absolute atomic E-state index is 13.9. The highest BCUT2D eigenvalue weighted by atomic mass is 19.1. The highest BCUT2D eigenvalue weighted by Gasteiger charge is 2.42. The molecular weight excluding hydrogens is 309 g/mol. The normalized spacial score (nSPS) is 25.8. The summed E-state index contributed by atoms with van der Waals surface area (Å²) >= 11 is 0. The van der Waals surface area contributed by atoms with Crippen LogP contribution in [0, 0.1) is 17.7 Å². The van der Waals surface area contributed by atoms with Crippen LogP contribution in [0.25, 0.3) is 0 Å². The Morgan fingerprint density at radius 1 is 1.33 bits per heavy atom. The summed E-state index contributed by atoms with van der Waals surface area (Å²) in [5, 5.41) is 0. The summed E-state index contributed by atoms with van der Waals surface area (Å²) in [6.45, 7) is 3.68. The van der Waals surface area contributed by atoms with Gasteiger partial charge in [-0.25, -0.2) is 9.37 Å². The summed E-state index contributed by atoms with van der Waals surface area (Å²) in [4.78, 5) is 18.5. The van der Waals surface area contributed by atoms with E-state index in [4.69, 9.17) is 4.74 Å². The van der Waals surface area contributed by atoms with Crippen LogP contribution in [0.15, 0.2) is 36.7 Å². The van der Waals surface area contributed by atoms with E-state index in [-0.39, 0.29) is 23.8 Å². The van der Waals surface area contributed by atoms with Gasteiger partial charge in [0.15, 0.2) is 5.82 Å². The number of rotatable bonds is 3. The van der Waals surface area contributed by atoms with Crippen molar-refractivity contribution in [1.29, 1.82) is 0 Å². The van der Waals surface area contributed by atoms with Crippen molar-refractivity contribution >= 4 is 5.91 Å². The van der Waals surface area contributed by atoms with Gasteiger partial charge in [0.1, 0.15) is 6.10 Å². The predicted octanol–water partition coefficient (Wildman–Crippen LogP) is 2.47. The van der Waals surface area contributed by atoms with E-state index in [0.29, 0.717) is 25.6 Å². The Bertz CT molecular complexity index is 760. The lowest BCUT2D eigenvalue weighted by Gasteiger charge is -2.24. The number of amides is 1. The van der Waals surface area contributed by atoms with Crippen molar-refractivity contribution in [2.24, 2.45) is 11.8 Å². The van der Waals surface area contributed by atoms with Crippen molar-refractivity contribution in [3.8, 4) is 5.88 Å². The van der Waals surface area contributed by atoms with Crippen LogP contribution in [0.4, 0.5) is 4.39 Å². The Labute approximate surface area is 140 Å². The molecule has 0 radical (unpaired) electrons. The Morgan fingerprint density at radius 2 is 2.17 bits per heavy atom. The maximum atomic E-state index is 13.9. The van der Waals surface area contributed by atoms with Gasteiger partial charge in [-0.15, -0.1) is 0 Å². The maximum Gasteiger partial charge on any atom is 0.250 e. The van der Waals surface area contributed by atoms with Gasteiger partial charge in [0, 0.05) is 24.0 Å². The van der Waals surface area contributed by atoms with Crippen LogP contribution in [-0.2, 0) is 17.9 Å². The van der Waals surface area contributed by atoms with Crippen molar-refractivity contribution in [3.05, 3.63) is 48.2 Å². The first-order chi connectivity index (χ1) is 11.6. The molecule has 3 heterocycles. The fourth-order valence-corrected chi connectivity index (χ4v) is 3.31. The topological polar surface area (TPSA) is 47.4 Å². The lowest BCUT2D eigenvalue weighted by Crippen LogP contribution is -2.39. The summed E-state index contributed by atoms with van der Waals surface area (Å²) in [6, 6.07) is 6.83. The van der Waals surface area contributed by atoms with E-state index in [1.807, 2.05) is 23.2 Å². The quantitative estimate of drug-likeness (QED) is 0.869. The number of ether oxygens (including phenoxy) is 1. The number of aromatic nitrogens is 2. The van der Waals surface area contributed by atoms with E-state index in [1.165, 1.54) is 18.3 Å². The monoisotopic (exact) mass is 329 g/mol. The summed E-state index contributed by atoms with van der Waals surface area (Å²) in [5.74, 6) is 0.264. The van der Waals surface area contributed by atoms with Gasteiger partial charge >= 0.3 is 0 Å². The molecule has 3 atom stereocenters. The first-order valence-corrected chi connectivity index (χ1v) is 8.32. The molecule has 6 heteroatoms. The summed E-state index contributed by atoms with van der Waals surface area (Å²) < 4.78 is 21.7. The Hall–Kier alpha value is -2.37. The molecule has 2 aliphatic rings. The molecule has 2 aromatic rings. The van der Waals surface area contributed by atoms with Crippen molar-refractivity contribution in [2.75, 3.05) is 6.54 Å². The number of nitrogens with zero attached hydrogens (tertiary/aromatic N) is 3. The van der Waals surface area contributed by atoms with Crippen LogP contribution < -0.4 is 4.74 Å². The lowest BCUT2D eigenvalue weighted by molar-refractivity contribution is -0.134. The molecule has 24 heavy (non-hydrogen) atoms. The molecule has 1 aliphatic heterocycles. The largest absolute Gasteiger partial charge is 0.468 e. The lowest BCUT2D eigenvalue weighted by atomic mass is 10.2. The third-order valence-electron chi connectivity index (χ3n) is 4.84. The number of halogens is 1. The van der Waals surface area contributed by atoms with E-state index < -0.39 is 5.82 Å². The SMILES string of the molecule is C[C@@H]1C[C@@H]1C(=O)N1Cc2cccn2C[C@H](Oc2ncccc2F)C1. The fourth-order valence-electron chi connectivity index (χ4n) is 3.31. The van der Waals surface area contributed by atoms with Crippen molar-refractivity contribution in [3.63, 3.8) is 0 Å². The minimum absolute atomic E-state index is 0.00899. The van der Waals surface area contributed by atoms with Gasteiger partial charge in [-0.2, -0.15) is 0 Å². The average molecular weight is 329 g/mol. The van der Waals surface area contributed by atoms with Gasteiger partial charge in [-0.05, 0) is 36.6 Å². The van der Waals surface area contributed by atoms with Gasteiger partial charge < -0.3 is 14.2 Å². The molecule has 0 bridgehead atoms. The number of fused-ring (bicyclic) bond motifs is 1. The predicted molar refractivity (Wildman–Crippen MR) is 85.7 cm³/mol. The smallest absolute Gasteiger partial charge is 0.250 e. The second-order valence-corrected chi connectivity index (χ2v) is 6.72. The molecule has 1 fully saturated rings.